The zero-order valence-corrected chi connectivity index (χ0v) is 10.5. The second-order valence-corrected chi connectivity index (χ2v) is 4.60. The number of quaternary nitrogens is 1. The van der Waals surface area contributed by atoms with Crippen LogP contribution in [0.4, 0.5) is 10.5 Å². The number of hydrogen-bond donors (Lipinski definition) is 1. The van der Waals surface area contributed by atoms with E-state index in [0.29, 0.717) is 5.75 Å². The number of amides is 1. The van der Waals surface area contributed by atoms with Gasteiger partial charge in [-0.3, -0.25) is 4.48 Å². The first-order chi connectivity index (χ1) is 7.34. The maximum Gasteiger partial charge on any atom is 0.412 e. The number of ether oxygens (including phenoxy) is 1. The van der Waals surface area contributed by atoms with Gasteiger partial charge in [-0.15, -0.1) is 0 Å². The summed E-state index contributed by atoms with van der Waals surface area (Å²) in [5, 5.41) is 2.42. The van der Waals surface area contributed by atoms with Crippen LogP contribution in [0.2, 0.25) is 0 Å². The van der Waals surface area contributed by atoms with Crippen LogP contribution in [0, 0.1) is 6.92 Å². The summed E-state index contributed by atoms with van der Waals surface area (Å²) in [5.41, 5.74) is 2.12. The molecule has 1 rings (SSSR count). The Morgan fingerprint density at radius 2 is 1.94 bits per heavy atom. The van der Waals surface area contributed by atoms with Crippen molar-refractivity contribution in [2.75, 3.05) is 28.2 Å². The Labute approximate surface area is 96.4 Å². The largest absolute Gasteiger partial charge is 0.412 e. The molecule has 0 atom stereocenters. The van der Waals surface area contributed by atoms with E-state index in [9.17, 15) is 4.79 Å². The van der Waals surface area contributed by atoms with Gasteiger partial charge in [-0.05, 0) is 18.6 Å². The first-order valence-corrected chi connectivity index (χ1v) is 5.17. The molecule has 0 saturated heterocycles. The van der Waals surface area contributed by atoms with Gasteiger partial charge in [0.05, 0.1) is 21.1 Å². The van der Waals surface area contributed by atoms with E-state index in [4.69, 9.17) is 4.74 Å². The van der Waals surface area contributed by atoms with Gasteiger partial charge >= 0.3 is 6.09 Å². The molecule has 1 aromatic rings. The second kappa shape index (κ2) is 4.53. The van der Waals surface area contributed by atoms with Crippen molar-refractivity contribution in [2.24, 2.45) is 0 Å². The highest BCUT2D eigenvalue weighted by Crippen LogP contribution is 2.25. The average Bonchev–Trinajstić information content (AvgIpc) is 2.19. The Kier molecular flexibility index (Phi) is 3.55. The van der Waals surface area contributed by atoms with Gasteiger partial charge in [-0.1, -0.05) is 0 Å². The van der Waals surface area contributed by atoms with E-state index in [1.807, 2.05) is 25.1 Å². The van der Waals surface area contributed by atoms with Crippen LogP contribution in [0.25, 0.3) is 0 Å². The molecule has 0 bridgehead atoms. The Hall–Kier alpha value is -1.55. The molecule has 16 heavy (non-hydrogen) atoms. The molecule has 0 aliphatic rings. The highest BCUT2D eigenvalue weighted by molar-refractivity contribution is 5.70. The van der Waals surface area contributed by atoms with Crippen LogP contribution in [-0.2, 0) is 0 Å². The summed E-state index contributed by atoms with van der Waals surface area (Å²) in [6, 6.07) is 5.81. The number of nitrogens with one attached hydrogen (secondary N) is 1. The Balaban J connectivity index is 2.96. The van der Waals surface area contributed by atoms with Crippen molar-refractivity contribution < 1.29 is 9.53 Å². The Bertz CT molecular complexity index is 394. The van der Waals surface area contributed by atoms with E-state index in [1.165, 1.54) is 12.7 Å². The minimum atomic E-state index is -0.443. The van der Waals surface area contributed by atoms with Crippen LogP contribution in [0.3, 0.4) is 0 Å². The van der Waals surface area contributed by atoms with Gasteiger partial charge < -0.3 is 10.1 Å². The number of aryl methyl sites for hydroxylation is 1. The van der Waals surface area contributed by atoms with E-state index in [0.717, 1.165) is 10.0 Å². The third-order valence-corrected chi connectivity index (χ3v) is 2.34. The smallest absolute Gasteiger partial charge is 0.410 e. The van der Waals surface area contributed by atoms with Gasteiger partial charge in [0, 0.05) is 19.2 Å². The fourth-order valence-electron chi connectivity index (χ4n) is 1.32. The van der Waals surface area contributed by atoms with Crippen molar-refractivity contribution in [3.63, 3.8) is 0 Å². The molecule has 88 valence electrons. The molecule has 0 aliphatic carbocycles. The lowest BCUT2D eigenvalue weighted by Gasteiger charge is -2.24. The molecular formula is C12H19N2O2+. The van der Waals surface area contributed by atoms with Crippen molar-refractivity contribution in [3.8, 4) is 5.75 Å². The van der Waals surface area contributed by atoms with Crippen LogP contribution in [0.5, 0.6) is 5.75 Å². The molecule has 1 aromatic carbocycles. The van der Waals surface area contributed by atoms with Crippen molar-refractivity contribution >= 4 is 11.8 Å². The number of rotatable bonds is 2. The molecule has 0 unspecified atom stereocenters. The van der Waals surface area contributed by atoms with Crippen molar-refractivity contribution in [3.05, 3.63) is 23.8 Å². The van der Waals surface area contributed by atoms with E-state index in [1.54, 1.807) is 0 Å². The molecular weight excluding hydrogens is 204 g/mol. The summed E-state index contributed by atoms with van der Waals surface area (Å²) >= 11 is 0. The molecule has 0 heterocycles. The van der Waals surface area contributed by atoms with Crippen LogP contribution in [0.1, 0.15) is 5.56 Å². The molecule has 4 nitrogen and oxygen atoms in total. The molecule has 0 spiro atoms. The molecule has 0 fully saturated rings. The molecule has 1 amide bonds. The zero-order valence-electron chi connectivity index (χ0n) is 10.5. The van der Waals surface area contributed by atoms with E-state index < -0.39 is 6.09 Å². The lowest BCUT2D eigenvalue weighted by molar-refractivity contribution is 0.202. The molecule has 0 saturated carbocycles. The van der Waals surface area contributed by atoms with Crippen molar-refractivity contribution in [1.82, 2.24) is 9.80 Å². The topological polar surface area (TPSA) is 38.3 Å². The predicted octanol–water partition coefficient (Wildman–Crippen LogP) is 1.91. The van der Waals surface area contributed by atoms with Gasteiger partial charge in [0.1, 0.15) is 11.4 Å². The van der Waals surface area contributed by atoms with Gasteiger partial charge in [-0.2, -0.15) is 0 Å². The number of nitrogens with zero attached hydrogens (tertiary/aromatic N) is 1. The molecule has 1 N–H and O–H groups in total. The molecule has 0 radical (unpaired) electrons. The Morgan fingerprint density at radius 3 is 2.38 bits per heavy atom. The lowest BCUT2D eigenvalue weighted by Crippen LogP contribution is -2.34. The number of benzene rings is 1. The van der Waals surface area contributed by atoms with Gasteiger partial charge in [-0.25, -0.2) is 4.79 Å². The zero-order chi connectivity index (χ0) is 12.3. The van der Waals surface area contributed by atoms with E-state index in [2.05, 4.69) is 26.5 Å². The maximum atomic E-state index is 11.1. The summed E-state index contributed by atoms with van der Waals surface area (Å²) < 4.78 is 5.84. The van der Waals surface area contributed by atoms with Gasteiger partial charge in [0.25, 0.3) is 0 Å². The van der Waals surface area contributed by atoms with Gasteiger partial charge in [0.2, 0.25) is 0 Å². The highest BCUT2D eigenvalue weighted by Gasteiger charge is 2.14. The average molecular weight is 223 g/mol. The van der Waals surface area contributed by atoms with Crippen molar-refractivity contribution in [1.29, 1.82) is 0 Å². The summed E-state index contributed by atoms with van der Waals surface area (Å²) in [5.74, 6) is 0.594. The first-order valence-electron chi connectivity index (χ1n) is 5.17. The number of carbonyl (C=O) groups is 1. The third kappa shape index (κ3) is 2.97. The molecule has 0 aromatic heterocycles. The molecule has 0 aliphatic heterocycles. The second-order valence-electron chi connectivity index (χ2n) is 4.60. The summed E-state index contributed by atoms with van der Waals surface area (Å²) in [6.45, 7) is 1.93. The van der Waals surface area contributed by atoms with Crippen LogP contribution in [-0.4, -0.2) is 34.3 Å². The standard InChI is InChI=1S/C12H18N2O2/c1-9-8-10(14(3,4)5)6-7-11(9)16-12(15)13-2/h6-8H,1-5H3/p+1. The summed E-state index contributed by atoms with van der Waals surface area (Å²) in [7, 11) is 7.81. The highest BCUT2D eigenvalue weighted by atomic mass is 16.6. The van der Waals surface area contributed by atoms with E-state index in [-0.39, 0.29) is 0 Å². The maximum absolute atomic E-state index is 11.1. The molecule has 4 heteroatoms. The van der Waals surface area contributed by atoms with E-state index >= 15 is 0 Å². The SMILES string of the molecule is CNC(=O)Oc1ccc([N+](C)(C)C)cc1C. The predicted molar refractivity (Wildman–Crippen MR) is 65.8 cm³/mol. The van der Waals surface area contributed by atoms with Gasteiger partial charge in [0.15, 0.2) is 0 Å². The van der Waals surface area contributed by atoms with Crippen LogP contribution in [0.15, 0.2) is 18.2 Å². The van der Waals surface area contributed by atoms with Crippen LogP contribution < -0.4 is 14.5 Å². The fourth-order valence-corrected chi connectivity index (χ4v) is 1.32. The number of carbonyl (C=O) groups excluding carboxylic acids is 1. The minimum absolute atomic E-state index is 0.443. The first kappa shape index (κ1) is 12.5. The monoisotopic (exact) mass is 223 g/mol. The third-order valence-electron chi connectivity index (χ3n) is 2.34. The Morgan fingerprint density at radius 1 is 1.31 bits per heavy atom. The number of hydrogen-bond acceptors (Lipinski definition) is 2. The summed E-state index contributed by atoms with van der Waals surface area (Å²) in [6.07, 6.45) is -0.443. The quantitative estimate of drug-likeness (QED) is 0.778. The normalized spacial score (nSPS) is 11.1. The summed E-state index contributed by atoms with van der Waals surface area (Å²) in [4.78, 5) is 11.1. The minimum Gasteiger partial charge on any atom is -0.410 e. The fraction of sp³-hybridized carbons (Fsp3) is 0.417. The lowest BCUT2D eigenvalue weighted by atomic mass is 10.2. The van der Waals surface area contributed by atoms with Crippen molar-refractivity contribution in [2.45, 2.75) is 6.92 Å². The van der Waals surface area contributed by atoms with Crippen LogP contribution >= 0.6 is 0 Å².